The molecule has 2 aliphatic rings. The Hall–Kier alpha value is -2.73. The van der Waals surface area contributed by atoms with Crippen molar-refractivity contribution in [1.82, 2.24) is 20.2 Å². The van der Waals surface area contributed by atoms with E-state index in [4.69, 9.17) is 4.74 Å². The van der Waals surface area contributed by atoms with Crippen LogP contribution in [0.1, 0.15) is 80.5 Å². The number of alkyl halides is 6. The average molecular weight is 601 g/mol. The molecule has 232 valence electrons. The highest BCUT2D eigenvalue weighted by molar-refractivity contribution is 5.84. The molecule has 1 unspecified atom stereocenters. The fraction of sp³-hybridized carbons (Fsp3) is 0.633. The van der Waals surface area contributed by atoms with Crippen LogP contribution in [0.2, 0.25) is 0 Å². The van der Waals surface area contributed by atoms with Gasteiger partial charge in [-0.25, -0.2) is 9.97 Å². The molecule has 1 amide bonds. The number of methoxy groups -OCH3 is 1. The van der Waals surface area contributed by atoms with E-state index < -0.39 is 46.9 Å². The Morgan fingerprint density at radius 2 is 1.62 bits per heavy atom. The molecule has 0 bridgehead atoms. The molecule has 0 spiro atoms. The lowest BCUT2D eigenvalue weighted by atomic mass is 9.68. The number of benzene rings is 1. The average Bonchev–Trinajstić information content (AvgIpc) is 3.40. The number of nitrogens with one attached hydrogen (secondary N) is 1. The zero-order valence-corrected chi connectivity index (χ0v) is 24.1. The third-order valence-corrected chi connectivity index (χ3v) is 9.45. The lowest BCUT2D eigenvalue weighted by molar-refractivity contribution is -0.155. The smallest absolute Gasteiger partial charge is 0.377 e. The highest BCUT2D eigenvalue weighted by Crippen LogP contribution is 2.52. The van der Waals surface area contributed by atoms with Crippen LogP contribution in [-0.2, 0) is 28.4 Å². The van der Waals surface area contributed by atoms with Crippen LogP contribution in [0.15, 0.2) is 36.9 Å². The van der Waals surface area contributed by atoms with Crippen molar-refractivity contribution in [1.29, 1.82) is 0 Å². The summed E-state index contributed by atoms with van der Waals surface area (Å²) in [5.74, 6) is 0.185. The van der Waals surface area contributed by atoms with E-state index >= 15 is 0 Å². The lowest BCUT2D eigenvalue weighted by Crippen LogP contribution is -2.55. The molecule has 2 heterocycles. The normalized spacial score (nSPS) is 24.0. The number of ether oxygens (including phenoxy) is 1. The molecule has 12 heteroatoms. The minimum absolute atomic E-state index is 0.0872. The van der Waals surface area contributed by atoms with Gasteiger partial charge in [0.15, 0.2) is 0 Å². The van der Waals surface area contributed by atoms with Gasteiger partial charge < -0.3 is 15.0 Å². The monoisotopic (exact) mass is 600 g/mol. The van der Waals surface area contributed by atoms with Gasteiger partial charge in [0, 0.05) is 32.6 Å². The van der Waals surface area contributed by atoms with Crippen molar-refractivity contribution in [3.8, 4) is 0 Å². The fourth-order valence-corrected chi connectivity index (χ4v) is 6.72. The van der Waals surface area contributed by atoms with Gasteiger partial charge >= 0.3 is 12.4 Å². The second kappa shape index (κ2) is 12.5. The summed E-state index contributed by atoms with van der Waals surface area (Å²) in [4.78, 5) is 24.5. The highest BCUT2D eigenvalue weighted by atomic mass is 19.4. The van der Waals surface area contributed by atoms with E-state index in [9.17, 15) is 31.1 Å². The minimum Gasteiger partial charge on any atom is -0.377 e. The molecular weight excluding hydrogens is 562 g/mol. The third-order valence-electron chi connectivity index (χ3n) is 9.45. The van der Waals surface area contributed by atoms with E-state index in [0.29, 0.717) is 37.3 Å². The zero-order valence-electron chi connectivity index (χ0n) is 24.1. The number of hydrogen-bond acceptors (Lipinski definition) is 5. The molecule has 3 atom stereocenters. The van der Waals surface area contributed by atoms with Crippen molar-refractivity contribution >= 4 is 5.91 Å². The number of carbonyl (C=O) groups is 1. The number of amides is 1. The van der Waals surface area contributed by atoms with Crippen molar-refractivity contribution in [2.24, 2.45) is 11.3 Å². The number of halogens is 6. The number of piperidine rings is 1. The molecule has 1 aromatic heterocycles. The van der Waals surface area contributed by atoms with Crippen molar-refractivity contribution in [2.75, 3.05) is 26.7 Å². The van der Waals surface area contributed by atoms with E-state index in [1.807, 2.05) is 26.2 Å². The SMILES string of the molecule is CCC(C)(OC)[C@]1(C(=O)NCc2cc(C(F)(F)F)cc(C(F)(F)F)c2)CC[C@@H](CN2CCC(c3cncnc3)CC2)C1. The summed E-state index contributed by atoms with van der Waals surface area (Å²) in [6.07, 6.45) is -0.425. The van der Waals surface area contributed by atoms with Crippen LogP contribution < -0.4 is 5.32 Å². The summed E-state index contributed by atoms with van der Waals surface area (Å²) in [6, 6.07) is 1.39. The molecular formula is C30H38F6N4O2. The molecule has 4 rings (SSSR count). The van der Waals surface area contributed by atoms with Crippen LogP contribution in [0.5, 0.6) is 0 Å². The molecule has 6 nitrogen and oxygen atoms in total. The van der Waals surface area contributed by atoms with Crippen molar-refractivity contribution in [2.45, 2.75) is 82.8 Å². The van der Waals surface area contributed by atoms with Crippen molar-refractivity contribution in [3.05, 3.63) is 59.2 Å². The number of nitrogens with zero attached hydrogens (tertiary/aromatic N) is 3. The molecule has 2 fully saturated rings. The maximum Gasteiger partial charge on any atom is 0.416 e. The maximum absolute atomic E-state index is 13.8. The standard InChI is InChI=1S/C30H38F6N4O2/c1-4-27(2,42-3)28(26(41)39-15-21-11-24(29(31,32)33)13-25(12-21)30(34,35)36)8-5-20(14-28)18-40-9-6-22(7-10-40)23-16-37-19-38-17-23/h11-13,16-17,19-20,22H,4-10,14-15,18H2,1-3H3,(H,39,41)/t20-,27?,28-/m1/s1. The summed E-state index contributed by atoms with van der Waals surface area (Å²) in [6.45, 7) is 5.92. The van der Waals surface area contributed by atoms with Gasteiger partial charge in [0.1, 0.15) is 6.33 Å². The zero-order chi connectivity index (χ0) is 30.8. The van der Waals surface area contributed by atoms with Gasteiger partial charge in [-0.05, 0) is 99.7 Å². The summed E-state index contributed by atoms with van der Waals surface area (Å²) >= 11 is 0. The van der Waals surface area contributed by atoms with Gasteiger partial charge in [-0.2, -0.15) is 26.3 Å². The number of likely N-dealkylation sites (tertiary alicyclic amines) is 1. The Morgan fingerprint density at radius 1 is 1.02 bits per heavy atom. The second-order valence-electron chi connectivity index (χ2n) is 11.8. The van der Waals surface area contributed by atoms with Crippen LogP contribution in [0.25, 0.3) is 0 Å². The Morgan fingerprint density at radius 3 is 2.14 bits per heavy atom. The highest BCUT2D eigenvalue weighted by Gasteiger charge is 2.57. The maximum atomic E-state index is 13.8. The van der Waals surface area contributed by atoms with Crippen molar-refractivity contribution in [3.63, 3.8) is 0 Å². The summed E-state index contributed by atoms with van der Waals surface area (Å²) in [7, 11) is 1.53. The molecule has 1 aromatic carbocycles. The third kappa shape index (κ3) is 6.90. The molecule has 1 saturated carbocycles. The minimum atomic E-state index is -4.96. The largest absolute Gasteiger partial charge is 0.416 e. The Bertz CT molecular complexity index is 1180. The first-order valence-corrected chi connectivity index (χ1v) is 14.3. The van der Waals surface area contributed by atoms with Crippen LogP contribution in [0.4, 0.5) is 26.3 Å². The summed E-state index contributed by atoms with van der Waals surface area (Å²) in [5.41, 5.74) is -3.79. The topological polar surface area (TPSA) is 67.3 Å². The van der Waals surface area contributed by atoms with E-state index in [2.05, 4.69) is 20.2 Å². The van der Waals surface area contributed by atoms with Crippen LogP contribution in [-0.4, -0.2) is 53.1 Å². The van der Waals surface area contributed by atoms with Crippen molar-refractivity contribution < 1.29 is 35.9 Å². The van der Waals surface area contributed by atoms with E-state index in [0.717, 1.165) is 44.5 Å². The van der Waals surface area contributed by atoms with Gasteiger partial charge in [-0.1, -0.05) is 6.92 Å². The van der Waals surface area contributed by atoms with E-state index in [-0.39, 0.29) is 17.5 Å². The Balaban J connectivity index is 1.46. The fourth-order valence-electron chi connectivity index (χ4n) is 6.72. The number of carbonyl (C=O) groups excluding carboxylic acids is 1. The van der Waals surface area contributed by atoms with Gasteiger partial charge in [0.25, 0.3) is 0 Å². The van der Waals surface area contributed by atoms with Crippen LogP contribution in [0.3, 0.4) is 0 Å². The van der Waals surface area contributed by atoms with E-state index in [1.54, 1.807) is 0 Å². The first kappa shape index (κ1) is 32.2. The van der Waals surface area contributed by atoms with Gasteiger partial charge in [-0.15, -0.1) is 0 Å². The number of hydrogen-bond donors (Lipinski definition) is 1. The van der Waals surface area contributed by atoms with Gasteiger partial charge in [0.05, 0.1) is 22.1 Å². The molecule has 1 saturated heterocycles. The van der Waals surface area contributed by atoms with E-state index in [1.165, 1.54) is 13.4 Å². The Labute approximate surface area is 242 Å². The van der Waals surface area contributed by atoms with Crippen LogP contribution in [0, 0.1) is 11.3 Å². The predicted octanol–water partition coefficient (Wildman–Crippen LogP) is 6.61. The first-order chi connectivity index (χ1) is 19.7. The molecule has 42 heavy (non-hydrogen) atoms. The number of rotatable bonds is 9. The quantitative estimate of drug-likeness (QED) is 0.328. The molecule has 2 aromatic rings. The Kier molecular flexibility index (Phi) is 9.56. The summed E-state index contributed by atoms with van der Waals surface area (Å²) in [5, 5.41) is 2.68. The molecule has 1 N–H and O–H groups in total. The predicted molar refractivity (Wildman–Crippen MR) is 144 cm³/mol. The second-order valence-corrected chi connectivity index (χ2v) is 11.8. The van der Waals surface area contributed by atoms with Gasteiger partial charge in [-0.3, -0.25) is 4.79 Å². The number of aromatic nitrogens is 2. The molecule has 1 aliphatic heterocycles. The lowest BCUT2D eigenvalue weighted by Gasteiger charge is -2.44. The van der Waals surface area contributed by atoms with Crippen LogP contribution >= 0.6 is 0 Å². The molecule has 0 radical (unpaired) electrons. The first-order valence-electron chi connectivity index (χ1n) is 14.3. The summed E-state index contributed by atoms with van der Waals surface area (Å²) < 4.78 is 86.0. The van der Waals surface area contributed by atoms with Gasteiger partial charge in [0.2, 0.25) is 5.91 Å². The molecule has 1 aliphatic carbocycles.